The molecular weight excluding hydrogens is 118 g/mol. The van der Waals surface area contributed by atoms with E-state index in [1.165, 1.54) is 6.92 Å². The topological polar surface area (TPSA) is 43.7 Å². The quantitative estimate of drug-likeness (QED) is 0.505. The summed E-state index contributed by atoms with van der Waals surface area (Å²) in [5.74, 6) is -1.59. The fourth-order valence-electron chi connectivity index (χ4n) is 0.489. The van der Waals surface area contributed by atoms with Crippen LogP contribution in [-0.4, -0.2) is 41.0 Å². The highest BCUT2D eigenvalue weighted by Gasteiger charge is 2.25. The third kappa shape index (κ3) is 2.79. The monoisotopic (exact) mass is 133 g/mol. The van der Waals surface area contributed by atoms with E-state index in [1.54, 1.807) is 25.9 Å². The van der Waals surface area contributed by atoms with Gasteiger partial charge in [0, 0.05) is 0 Å². The van der Waals surface area contributed by atoms with E-state index in [-0.39, 0.29) is 6.04 Å². The standard InChI is InChI=1S/C6H15NO2/c1-5(7(3)4)6(2,8)9/h5,8-9H,1-4H3. The molecule has 1 unspecified atom stereocenters. The van der Waals surface area contributed by atoms with Crippen LogP contribution in [0.1, 0.15) is 13.8 Å². The highest BCUT2D eigenvalue weighted by Crippen LogP contribution is 2.08. The number of hydrogen-bond acceptors (Lipinski definition) is 3. The lowest BCUT2D eigenvalue weighted by molar-refractivity contribution is -0.182. The van der Waals surface area contributed by atoms with E-state index in [4.69, 9.17) is 10.2 Å². The van der Waals surface area contributed by atoms with E-state index >= 15 is 0 Å². The van der Waals surface area contributed by atoms with Crippen LogP contribution in [0.2, 0.25) is 0 Å². The molecule has 0 fully saturated rings. The Bertz CT molecular complexity index is 85.5. The maximum absolute atomic E-state index is 8.97. The van der Waals surface area contributed by atoms with E-state index in [0.29, 0.717) is 0 Å². The van der Waals surface area contributed by atoms with Gasteiger partial charge < -0.3 is 15.1 Å². The molecular formula is C6H15NO2. The van der Waals surface area contributed by atoms with Crippen LogP contribution in [0, 0.1) is 0 Å². The molecule has 0 heterocycles. The second-order valence-electron chi connectivity index (χ2n) is 2.73. The zero-order valence-corrected chi connectivity index (χ0v) is 6.42. The van der Waals surface area contributed by atoms with Gasteiger partial charge in [-0.2, -0.15) is 0 Å². The van der Waals surface area contributed by atoms with Crippen molar-refractivity contribution in [3.63, 3.8) is 0 Å². The Kier molecular flexibility index (Phi) is 2.61. The summed E-state index contributed by atoms with van der Waals surface area (Å²) < 4.78 is 0. The van der Waals surface area contributed by atoms with Gasteiger partial charge in [0.2, 0.25) is 0 Å². The van der Waals surface area contributed by atoms with Gasteiger partial charge in [0.1, 0.15) is 0 Å². The molecule has 0 aliphatic rings. The molecule has 0 spiro atoms. The molecule has 0 aliphatic heterocycles. The third-order valence-electron chi connectivity index (χ3n) is 1.57. The summed E-state index contributed by atoms with van der Waals surface area (Å²) in [7, 11) is 3.60. The van der Waals surface area contributed by atoms with Gasteiger partial charge in [-0.05, 0) is 27.9 Å². The summed E-state index contributed by atoms with van der Waals surface area (Å²) in [6.07, 6.45) is 0. The minimum atomic E-state index is -1.59. The summed E-state index contributed by atoms with van der Waals surface area (Å²) in [4.78, 5) is 1.75. The van der Waals surface area contributed by atoms with Crippen molar-refractivity contribution in [1.29, 1.82) is 0 Å². The summed E-state index contributed by atoms with van der Waals surface area (Å²) in [5, 5.41) is 17.9. The first-order chi connectivity index (χ1) is 3.85. The molecule has 0 aromatic heterocycles. The molecule has 0 aromatic carbocycles. The molecule has 0 aromatic rings. The van der Waals surface area contributed by atoms with Gasteiger partial charge in [0.15, 0.2) is 5.79 Å². The maximum Gasteiger partial charge on any atom is 0.175 e. The lowest BCUT2D eigenvalue weighted by Crippen LogP contribution is -2.45. The Labute approximate surface area is 55.9 Å². The lowest BCUT2D eigenvalue weighted by Gasteiger charge is -2.29. The molecule has 9 heavy (non-hydrogen) atoms. The highest BCUT2D eigenvalue weighted by molar-refractivity contribution is 4.71. The Morgan fingerprint density at radius 2 is 1.67 bits per heavy atom. The fraction of sp³-hybridized carbons (Fsp3) is 1.00. The van der Waals surface area contributed by atoms with Crippen molar-refractivity contribution < 1.29 is 10.2 Å². The predicted octanol–water partition coefficient (Wildman–Crippen LogP) is -0.363. The van der Waals surface area contributed by atoms with Gasteiger partial charge in [0.25, 0.3) is 0 Å². The molecule has 2 N–H and O–H groups in total. The average Bonchev–Trinajstić information content (AvgIpc) is 1.62. The third-order valence-corrected chi connectivity index (χ3v) is 1.57. The molecule has 0 rings (SSSR count). The van der Waals surface area contributed by atoms with Gasteiger partial charge in [0.05, 0.1) is 6.04 Å². The van der Waals surface area contributed by atoms with Crippen LogP contribution in [-0.2, 0) is 0 Å². The van der Waals surface area contributed by atoms with Crippen molar-refractivity contribution in [2.24, 2.45) is 0 Å². The number of aliphatic hydroxyl groups is 2. The van der Waals surface area contributed by atoms with E-state index in [2.05, 4.69) is 0 Å². The fourth-order valence-corrected chi connectivity index (χ4v) is 0.489. The molecule has 0 bridgehead atoms. The van der Waals surface area contributed by atoms with Crippen LogP contribution < -0.4 is 0 Å². The molecule has 0 radical (unpaired) electrons. The predicted molar refractivity (Wildman–Crippen MR) is 36.0 cm³/mol. The Morgan fingerprint density at radius 3 is 1.67 bits per heavy atom. The average molecular weight is 133 g/mol. The van der Waals surface area contributed by atoms with Crippen LogP contribution in [0.3, 0.4) is 0 Å². The van der Waals surface area contributed by atoms with Gasteiger partial charge in [-0.1, -0.05) is 0 Å². The van der Waals surface area contributed by atoms with Gasteiger partial charge in [-0.25, -0.2) is 0 Å². The molecule has 56 valence electrons. The molecule has 0 aliphatic carbocycles. The normalized spacial score (nSPS) is 16.3. The minimum Gasteiger partial charge on any atom is -0.365 e. The highest BCUT2D eigenvalue weighted by atomic mass is 16.5. The molecule has 3 nitrogen and oxygen atoms in total. The largest absolute Gasteiger partial charge is 0.365 e. The molecule has 0 saturated carbocycles. The van der Waals surface area contributed by atoms with Gasteiger partial charge >= 0.3 is 0 Å². The van der Waals surface area contributed by atoms with Crippen molar-refractivity contribution in [2.45, 2.75) is 25.7 Å². The molecule has 3 heteroatoms. The van der Waals surface area contributed by atoms with Crippen LogP contribution >= 0.6 is 0 Å². The Hall–Kier alpha value is -0.120. The summed E-state index contributed by atoms with van der Waals surface area (Å²) >= 11 is 0. The van der Waals surface area contributed by atoms with E-state index < -0.39 is 5.79 Å². The zero-order valence-electron chi connectivity index (χ0n) is 6.42. The number of rotatable bonds is 2. The van der Waals surface area contributed by atoms with Crippen LogP contribution in [0.25, 0.3) is 0 Å². The van der Waals surface area contributed by atoms with Crippen LogP contribution in [0.15, 0.2) is 0 Å². The number of nitrogens with zero attached hydrogens (tertiary/aromatic N) is 1. The van der Waals surface area contributed by atoms with E-state index in [0.717, 1.165) is 0 Å². The second-order valence-corrected chi connectivity index (χ2v) is 2.73. The first kappa shape index (κ1) is 8.88. The SMILES string of the molecule is CC(N(C)C)C(C)(O)O. The van der Waals surface area contributed by atoms with Crippen LogP contribution in [0.4, 0.5) is 0 Å². The van der Waals surface area contributed by atoms with Crippen molar-refractivity contribution in [1.82, 2.24) is 4.90 Å². The lowest BCUT2D eigenvalue weighted by atomic mass is 10.1. The van der Waals surface area contributed by atoms with Gasteiger partial charge in [-0.15, -0.1) is 0 Å². The van der Waals surface area contributed by atoms with Crippen molar-refractivity contribution in [2.75, 3.05) is 14.1 Å². The number of hydrogen-bond donors (Lipinski definition) is 2. The maximum atomic E-state index is 8.97. The molecule has 0 amide bonds. The van der Waals surface area contributed by atoms with Crippen molar-refractivity contribution in [3.8, 4) is 0 Å². The summed E-state index contributed by atoms with van der Waals surface area (Å²) in [6.45, 7) is 3.12. The first-order valence-corrected chi connectivity index (χ1v) is 2.97. The van der Waals surface area contributed by atoms with Crippen molar-refractivity contribution in [3.05, 3.63) is 0 Å². The van der Waals surface area contributed by atoms with E-state index in [9.17, 15) is 0 Å². The molecule has 1 atom stereocenters. The molecule has 0 saturated heterocycles. The zero-order chi connectivity index (χ0) is 7.65. The second kappa shape index (κ2) is 2.64. The smallest absolute Gasteiger partial charge is 0.175 e. The van der Waals surface area contributed by atoms with E-state index in [1.807, 2.05) is 0 Å². The number of likely N-dealkylation sites (N-methyl/N-ethyl adjacent to an activating group) is 1. The summed E-state index contributed by atoms with van der Waals surface area (Å²) in [5.41, 5.74) is 0. The first-order valence-electron chi connectivity index (χ1n) is 2.97. The Balaban J connectivity index is 3.88. The van der Waals surface area contributed by atoms with Crippen molar-refractivity contribution >= 4 is 0 Å². The van der Waals surface area contributed by atoms with Gasteiger partial charge in [-0.3, -0.25) is 0 Å². The van der Waals surface area contributed by atoms with Crippen LogP contribution in [0.5, 0.6) is 0 Å². The Morgan fingerprint density at radius 1 is 1.33 bits per heavy atom. The summed E-state index contributed by atoms with van der Waals surface area (Å²) in [6, 6.07) is -0.238. The minimum absolute atomic E-state index is 0.238.